The van der Waals surface area contributed by atoms with Gasteiger partial charge in [0, 0.05) is 19.6 Å². The largest absolute Gasteiger partial charge is 0.362 e. The number of piperidine rings is 1. The third-order valence-corrected chi connectivity index (χ3v) is 2.97. The van der Waals surface area contributed by atoms with Crippen LogP contribution < -0.4 is 10.7 Å². The zero-order valence-corrected chi connectivity index (χ0v) is 10.7. The molecule has 1 saturated heterocycles. The molecule has 2 N–H and O–H groups in total. The highest BCUT2D eigenvalue weighted by Gasteiger charge is 2.16. The molecule has 1 heterocycles. The summed E-state index contributed by atoms with van der Waals surface area (Å²) >= 11 is 5.22. The van der Waals surface area contributed by atoms with Crippen LogP contribution in [-0.4, -0.2) is 29.8 Å². The van der Waals surface area contributed by atoms with Crippen molar-refractivity contribution >= 4 is 17.3 Å². The zero-order valence-electron chi connectivity index (χ0n) is 9.88. The summed E-state index contributed by atoms with van der Waals surface area (Å²) in [6.07, 6.45) is 4.99. The molecular weight excluding hydrogens is 206 g/mol. The van der Waals surface area contributed by atoms with Gasteiger partial charge in [0.15, 0.2) is 5.11 Å². The molecule has 15 heavy (non-hydrogen) atoms. The van der Waals surface area contributed by atoms with Gasteiger partial charge < -0.3 is 5.32 Å². The van der Waals surface area contributed by atoms with Gasteiger partial charge in [-0.2, -0.15) is 0 Å². The topological polar surface area (TPSA) is 27.3 Å². The third kappa shape index (κ3) is 5.33. The van der Waals surface area contributed by atoms with Crippen LogP contribution in [0.1, 0.15) is 39.5 Å². The Morgan fingerprint density at radius 1 is 1.53 bits per heavy atom. The number of hydrazine groups is 1. The van der Waals surface area contributed by atoms with Gasteiger partial charge in [-0.3, -0.25) is 5.43 Å². The molecular formula is C11H23N3S. The van der Waals surface area contributed by atoms with Gasteiger partial charge in [0.2, 0.25) is 0 Å². The van der Waals surface area contributed by atoms with Gasteiger partial charge in [-0.15, -0.1) is 0 Å². The first-order valence-corrected chi connectivity index (χ1v) is 6.42. The fourth-order valence-corrected chi connectivity index (χ4v) is 2.08. The predicted molar refractivity (Wildman–Crippen MR) is 68.6 cm³/mol. The first-order chi connectivity index (χ1) is 7.22. The van der Waals surface area contributed by atoms with Crippen LogP contribution in [-0.2, 0) is 0 Å². The SMILES string of the molecule is CCCCNC(=S)NN1CCCC(C)C1. The Labute approximate surface area is 98.6 Å². The second-order valence-electron chi connectivity index (χ2n) is 4.41. The maximum Gasteiger partial charge on any atom is 0.181 e. The van der Waals surface area contributed by atoms with Crippen LogP contribution in [0.4, 0.5) is 0 Å². The molecule has 0 aliphatic carbocycles. The van der Waals surface area contributed by atoms with Crippen LogP contribution in [0.5, 0.6) is 0 Å². The molecule has 0 aromatic heterocycles. The Morgan fingerprint density at radius 2 is 2.33 bits per heavy atom. The summed E-state index contributed by atoms with van der Waals surface area (Å²) in [5, 5.41) is 6.23. The Kier molecular flexibility index (Phi) is 5.95. The molecule has 4 heteroatoms. The first kappa shape index (κ1) is 12.7. The van der Waals surface area contributed by atoms with E-state index in [1.54, 1.807) is 0 Å². The van der Waals surface area contributed by atoms with E-state index in [-0.39, 0.29) is 0 Å². The summed E-state index contributed by atoms with van der Waals surface area (Å²) in [6, 6.07) is 0. The minimum Gasteiger partial charge on any atom is -0.362 e. The van der Waals surface area contributed by atoms with Gasteiger partial charge in [-0.05, 0) is 37.4 Å². The standard InChI is InChI=1S/C11H23N3S/c1-3-4-7-12-11(15)13-14-8-5-6-10(2)9-14/h10H,3-9H2,1-2H3,(H2,12,13,15). The minimum atomic E-state index is 0.776. The molecule has 3 nitrogen and oxygen atoms in total. The number of unbranched alkanes of at least 4 members (excludes halogenated alkanes) is 1. The van der Waals surface area contributed by atoms with Crippen molar-refractivity contribution in [2.45, 2.75) is 39.5 Å². The van der Waals surface area contributed by atoms with Gasteiger partial charge in [0.05, 0.1) is 0 Å². The fourth-order valence-electron chi connectivity index (χ4n) is 1.85. The molecule has 0 bridgehead atoms. The van der Waals surface area contributed by atoms with E-state index in [1.807, 2.05) is 0 Å². The van der Waals surface area contributed by atoms with Crippen molar-refractivity contribution in [1.29, 1.82) is 0 Å². The second kappa shape index (κ2) is 7.01. The van der Waals surface area contributed by atoms with Crippen molar-refractivity contribution in [3.8, 4) is 0 Å². The van der Waals surface area contributed by atoms with Gasteiger partial charge in [0.1, 0.15) is 0 Å². The molecule has 0 radical (unpaired) electrons. The normalized spacial score (nSPS) is 22.4. The molecule has 0 aromatic carbocycles. The Balaban J connectivity index is 2.13. The molecule has 1 unspecified atom stereocenters. The van der Waals surface area contributed by atoms with E-state index in [1.165, 1.54) is 25.7 Å². The van der Waals surface area contributed by atoms with Crippen molar-refractivity contribution in [3.05, 3.63) is 0 Å². The van der Waals surface area contributed by atoms with Crippen LogP contribution in [0.2, 0.25) is 0 Å². The Bertz CT molecular complexity index is 196. The van der Waals surface area contributed by atoms with Gasteiger partial charge in [0.25, 0.3) is 0 Å². The quantitative estimate of drug-likeness (QED) is 0.569. The van der Waals surface area contributed by atoms with E-state index in [9.17, 15) is 0 Å². The summed E-state index contributed by atoms with van der Waals surface area (Å²) in [5.74, 6) is 0.782. The fraction of sp³-hybridized carbons (Fsp3) is 0.909. The van der Waals surface area contributed by atoms with E-state index < -0.39 is 0 Å². The lowest BCUT2D eigenvalue weighted by Crippen LogP contribution is -2.50. The van der Waals surface area contributed by atoms with Crippen molar-refractivity contribution < 1.29 is 0 Å². The van der Waals surface area contributed by atoms with Crippen LogP contribution in [0.15, 0.2) is 0 Å². The molecule has 0 saturated carbocycles. The number of nitrogens with one attached hydrogen (secondary N) is 2. The second-order valence-corrected chi connectivity index (χ2v) is 4.82. The summed E-state index contributed by atoms with van der Waals surface area (Å²) < 4.78 is 0. The first-order valence-electron chi connectivity index (χ1n) is 6.01. The number of hydrogen-bond acceptors (Lipinski definition) is 2. The predicted octanol–water partition coefficient (Wildman–Crippen LogP) is 1.90. The average Bonchev–Trinajstić information content (AvgIpc) is 2.18. The highest BCUT2D eigenvalue weighted by molar-refractivity contribution is 7.80. The molecule has 1 rings (SSSR count). The summed E-state index contributed by atoms with van der Waals surface area (Å²) in [4.78, 5) is 0. The molecule has 1 atom stereocenters. The smallest absolute Gasteiger partial charge is 0.181 e. The van der Waals surface area contributed by atoms with E-state index in [0.717, 1.165) is 30.7 Å². The summed E-state index contributed by atoms with van der Waals surface area (Å²) in [5.41, 5.74) is 3.26. The van der Waals surface area contributed by atoms with Crippen LogP contribution in [0.3, 0.4) is 0 Å². The molecule has 0 amide bonds. The average molecular weight is 229 g/mol. The van der Waals surface area contributed by atoms with Crippen molar-refractivity contribution in [2.75, 3.05) is 19.6 Å². The molecule has 1 aliphatic heterocycles. The molecule has 0 aromatic rings. The lowest BCUT2D eigenvalue weighted by Gasteiger charge is -2.31. The van der Waals surface area contributed by atoms with E-state index in [0.29, 0.717) is 0 Å². The van der Waals surface area contributed by atoms with Crippen molar-refractivity contribution in [3.63, 3.8) is 0 Å². The van der Waals surface area contributed by atoms with Crippen LogP contribution in [0.25, 0.3) is 0 Å². The lowest BCUT2D eigenvalue weighted by molar-refractivity contribution is 0.154. The molecule has 1 fully saturated rings. The minimum absolute atomic E-state index is 0.776. The monoisotopic (exact) mass is 229 g/mol. The van der Waals surface area contributed by atoms with Crippen molar-refractivity contribution in [1.82, 2.24) is 15.8 Å². The lowest BCUT2D eigenvalue weighted by atomic mass is 10.0. The Morgan fingerprint density at radius 3 is 3.00 bits per heavy atom. The van der Waals surface area contributed by atoms with Crippen LogP contribution >= 0.6 is 12.2 Å². The van der Waals surface area contributed by atoms with Gasteiger partial charge in [-0.25, -0.2) is 5.01 Å². The summed E-state index contributed by atoms with van der Waals surface area (Å²) in [7, 11) is 0. The van der Waals surface area contributed by atoms with Gasteiger partial charge >= 0.3 is 0 Å². The van der Waals surface area contributed by atoms with Crippen LogP contribution in [0, 0.1) is 5.92 Å². The molecule has 0 spiro atoms. The number of rotatable bonds is 4. The Hall–Kier alpha value is -0.350. The maximum atomic E-state index is 5.22. The zero-order chi connectivity index (χ0) is 11.1. The van der Waals surface area contributed by atoms with E-state index in [4.69, 9.17) is 12.2 Å². The highest BCUT2D eigenvalue weighted by atomic mass is 32.1. The van der Waals surface area contributed by atoms with E-state index in [2.05, 4.69) is 29.6 Å². The van der Waals surface area contributed by atoms with E-state index >= 15 is 0 Å². The van der Waals surface area contributed by atoms with Crippen molar-refractivity contribution in [2.24, 2.45) is 5.92 Å². The maximum absolute atomic E-state index is 5.22. The third-order valence-electron chi connectivity index (χ3n) is 2.73. The number of nitrogens with zero attached hydrogens (tertiary/aromatic N) is 1. The molecule has 88 valence electrons. The highest BCUT2D eigenvalue weighted by Crippen LogP contribution is 2.13. The number of thiocarbonyl (C=S) groups is 1. The summed E-state index contributed by atoms with van der Waals surface area (Å²) in [6.45, 7) is 7.67. The number of hydrogen-bond donors (Lipinski definition) is 2. The molecule has 1 aliphatic rings. The van der Waals surface area contributed by atoms with Gasteiger partial charge in [-0.1, -0.05) is 20.3 Å².